The van der Waals surface area contributed by atoms with E-state index in [1.165, 1.54) is 24.0 Å². The van der Waals surface area contributed by atoms with Crippen molar-refractivity contribution in [2.45, 2.75) is 38.6 Å². The Morgan fingerprint density at radius 2 is 2.14 bits per heavy atom. The normalized spacial score (nSPS) is 17.6. The van der Waals surface area contributed by atoms with Crippen LogP contribution in [0.1, 0.15) is 30.9 Å². The van der Waals surface area contributed by atoms with Gasteiger partial charge >= 0.3 is 0 Å². The largest absolute Gasteiger partial charge is 0.325 e. The van der Waals surface area contributed by atoms with E-state index in [1.54, 1.807) is 0 Å². The van der Waals surface area contributed by atoms with Gasteiger partial charge in [-0.05, 0) is 55.5 Å². The Hall–Kier alpha value is -1.39. The van der Waals surface area contributed by atoms with Crippen molar-refractivity contribution >= 4 is 11.6 Å². The molecule has 3 rings (SSSR count). The van der Waals surface area contributed by atoms with E-state index in [9.17, 15) is 4.79 Å². The lowest BCUT2D eigenvalue weighted by Crippen LogP contribution is -2.58. The first kappa shape index (κ1) is 14.5. The van der Waals surface area contributed by atoms with Crippen molar-refractivity contribution in [2.75, 3.05) is 31.5 Å². The maximum atomic E-state index is 12.3. The van der Waals surface area contributed by atoms with Crippen LogP contribution in [0.3, 0.4) is 0 Å². The third-order valence-electron chi connectivity index (χ3n) is 4.52. The smallest absolute Gasteiger partial charge is 0.238 e. The Bertz CT molecular complexity index is 511. The van der Waals surface area contributed by atoms with Crippen LogP contribution in [-0.4, -0.2) is 43.0 Å². The number of benzene rings is 1. The summed E-state index contributed by atoms with van der Waals surface area (Å²) in [6.07, 6.45) is 4.66. The number of rotatable bonds is 6. The fourth-order valence-electron chi connectivity index (χ4n) is 3.24. The van der Waals surface area contributed by atoms with E-state index in [1.807, 2.05) is 6.07 Å². The lowest BCUT2D eigenvalue weighted by molar-refractivity contribution is -0.118. The average molecular weight is 287 g/mol. The van der Waals surface area contributed by atoms with Crippen molar-refractivity contribution in [3.63, 3.8) is 0 Å². The summed E-state index contributed by atoms with van der Waals surface area (Å²) in [6, 6.07) is 6.88. The van der Waals surface area contributed by atoms with Crippen molar-refractivity contribution < 1.29 is 4.79 Å². The molecule has 0 radical (unpaired) electrons. The van der Waals surface area contributed by atoms with Crippen molar-refractivity contribution in [3.8, 4) is 0 Å². The van der Waals surface area contributed by atoms with Gasteiger partial charge < -0.3 is 10.6 Å². The van der Waals surface area contributed by atoms with Crippen LogP contribution in [0.2, 0.25) is 0 Å². The number of nitrogens with zero attached hydrogens (tertiary/aromatic N) is 1. The minimum absolute atomic E-state index is 0.105. The topological polar surface area (TPSA) is 44.4 Å². The molecule has 0 unspecified atom stereocenters. The van der Waals surface area contributed by atoms with Gasteiger partial charge in [0, 0.05) is 24.8 Å². The summed E-state index contributed by atoms with van der Waals surface area (Å²) >= 11 is 0. The van der Waals surface area contributed by atoms with Gasteiger partial charge in [-0.25, -0.2) is 0 Å². The van der Waals surface area contributed by atoms with Crippen molar-refractivity contribution in [1.82, 2.24) is 10.2 Å². The summed E-state index contributed by atoms with van der Waals surface area (Å²) in [6.45, 7) is 5.66. The van der Waals surface area contributed by atoms with Crippen LogP contribution < -0.4 is 10.6 Å². The second-order valence-electron chi connectivity index (χ2n) is 6.17. The molecule has 1 aliphatic heterocycles. The number of aryl methyl sites for hydroxylation is 2. The molecule has 4 heteroatoms. The van der Waals surface area contributed by atoms with Crippen LogP contribution in [0.25, 0.3) is 0 Å². The monoisotopic (exact) mass is 287 g/mol. The zero-order valence-corrected chi connectivity index (χ0v) is 12.8. The first-order valence-electron chi connectivity index (χ1n) is 8.12. The summed E-state index contributed by atoms with van der Waals surface area (Å²) in [5, 5.41) is 6.34. The van der Waals surface area contributed by atoms with Crippen molar-refractivity contribution in [1.29, 1.82) is 0 Å². The zero-order valence-electron chi connectivity index (χ0n) is 12.8. The van der Waals surface area contributed by atoms with Gasteiger partial charge in [0.05, 0.1) is 6.54 Å². The Labute approximate surface area is 126 Å². The fourth-order valence-corrected chi connectivity index (χ4v) is 3.24. The number of amides is 1. The van der Waals surface area contributed by atoms with Gasteiger partial charge in [-0.3, -0.25) is 9.69 Å². The van der Waals surface area contributed by atoms with E-state index in [0.717, 1.165) is 38.2 Å². The Kier molecular flexibility index (Phi) is 4.56. The number of hydrogen-bond donors (Lipinski definition) is 2. The van der Waals surface area contributed by atoms with Crippen LogP contribution in [-0.2, 0) is 17.6 Å². The molecule has 2 N–H and O–H groups in total. The molecular weight excluding hydrogens is 262 g/mol. The molecule has 4 nitrogen and oxygen atoms in total. The lowest BCUT2D eigenvalue weighted by atomic mass is 10.1. The van der Waals surface area contributed by atoms with E-state index in [4.69, 9.17) is 0 Å². The molecule has 1 saturated heterocycles. The Morgan fingerprint density at radius 3 is 2.86 bits per heavy atom. The predicted octanol–water partition coefficient (Wildman–Crippen LogP) is 1.80. The molecule has 1 aromatic rings. The SMILES string of the molecule is CCCN(CC(=O)Nc1ccc2c(c1)CCC2)C1CNC1. The average Bonchev–Trinajstić information content (AvgIpc) is 2.84. The molecular formula is C17H25N3O. The van der Waals surface area contributed by atoms with E-state index < -0.39 is 0 Å². The number of carbonyl (C=O) groups excluding carboxylic acids is 1. The van der Waals surface area contributed by atoms with E-state index >= 15 is 0 Å². The van der Waals surface area contributed by atoms with Gasteiger partial charge in [0.15, 0.2) is 0 Å². The molecule has 21 heavy (non-hydrogen) atoms. The summed E-state index contributed by atoms with van der Waals surface area (Å²) in [4.78, 5) is 14.6. The molecule has 0 atom stereocenters. The Balaban J connectivity index is 1.57. The van der Waals surface area contributed by atoms with Gasteiger partial charge in [-0.15, -0.1) is 0 Å². The van der Waals surface area contributed by atoms with E-state index in [2.05, 4.69) is 34.6 Å². The second kappa shape index (κ2) is 6.58. The molecule has 1 heterocycles. The van der Waals surface area contributed by atoms with Gasteiger partial charge in [0.2, 0.25) is 5.91 Å². The summed E-state index contributed by atoms with van der Waals surface area (Å²) in [5.74, 6) is 0.105. The highest BCUT2D eigenvalue weighted by molar-refractivity contribution is 5.92. The number of carbonyl (C=O) groups is 1. The first-order chi connectivity index (χ1) is 10.3. The van der Waals surface area contributed by atoms with Gasteiger partial charge in [-0.2, -0.15) is 0 Å². The highest BCUT2D eigenvalue weighted by Crippen LogP contribution is 2.24. The minimum atomic E-state index is 0.105. The van der Waals surface area contributed by atoms with E-state index in [-0.39, 0.29) is 5.91 Å². The molecule has 1 amide bonds. The summed E-state index contributed by atoms with van der Waals surface area (Å²) in [7, 11) is 0. The van der Waals surface area contributed by atoms with Gasteiger partial charge in [-0.1, -0.05) is 13.0 Å². The molecule has 2 aliphatic rings. The van der Waals surface area contributed by atoms with Crippen LogP contribution in [0.4, 0.5) is 5.69 Å². The summed E-state index contributed by atoms with van der Waals surface area (Å²) < 4.78 is 0. The molecule has 114 valence electrons. The van der Waals surface area contributed by atoms with Crippen molar-refractivity contribution in [3.05, 3.63) is 29.3 Å². The van der Waals surface area contributed by atoms with Crippen molar-refractivity contribution in [2.24, 2.45) is 0 Å². The molecule has 1 aromatic carbocycles. The predicted molar refractivity (Wildman–Crippen MR) is 85.6 cm³/mol. The van der Waals surface area contributed by atoms with Crippen LogP contribution in [0.15, 0.2) is 18.2 Å². The number of fused-ring (bicyclic) bond motifs is 1. The number of hydrogen-bond acceptors (Lipinski definition) is 3. The molecule has 0 bridgehead atoms. The van der Waals surface area contributed by atoms with Crippen LogP contribution in [0.5, 0.6) is 0 Å². The first-order valence-corrected chi connectivity index (χ1v) is 8.12. The van der Waals surface area contributed by atoms with Gasteiger partial charge in [0.1, 0.15) is 0 Å². The van der Waals surface area contributed by atoms with E-state index in [0.29, 0.717) is 12.6 Å². The second-order valence-corrected chi connectivity index (χ2v) is 6.17. The van der Waals surface area contributed by atoms with Gasteiger partial charge in [0.25, 0.3) is 0 Å². The molecule has 0 aromatic heterocycles. The number of nitrogens with one attached hydrogen (secondary N) is 2. The minimum Gasteiger partial charge on any atom is -0.325 e. The fraction of sp³-hybridized carbons (Fsp3) is 0.588. The molecule has 0 saturated carbocycles. The maximum absolute atomic E-state index is 12.3. The van der Waals surface area contributed by atoms with Crippen LogP contribution in [0, 0.1) is 0 Å². The molecule has 1 fully saturated rings. The maximum Gasteiger partial charge on any atom is 0.238 e. The third-order valence-corrected chi connectivity index (χ3v) is 4.52. The Morgan fingerprint density at radius 1 is 1.33 bits per heavy atom. The summed E-state index contributed by atoms with van der Waals surface area (Å²) in [5.41, 5.74) is 3.80. The standard InChI is InChI=1S/C17H25N3O/c1-2-8-20(16-10-18-11-16)12-17(21)19-15-7-6-13-4-3-5-14(13)9-15/h6-7,9,16,18H,2-5,8,10-12H2,1H3,(H,19,21). The molecule has 0 spiro atoms. The third kappa shape index (κ3) is 3.44. The highest BCUT2D eigenvalue weighted by Gasteiger charge is 2.25. The molecule has 1 aliphatic carbocycles. The van der Waals surface area contributed by atoms with Crippen LogP contribution >= 0.6 is 0 Å². The zero-order chi connectivity index (χ0) is 14.7. The highest BCUT2D eigenvalue weighted by atomic mass is 16.2. The number of anilines is 1. The quantitative estimate of drug-likeness (QED) is 0.838. The lowest BCUT2D eigenvalue weighted by Gasteiger charge is -2.37.